The van der Waals surface area contributed by atoms with E-state index in [1.165, 1.54) is 6.08 Å². The summed E-state index contributed by atoms with van der Waals surface area (Å²) in [7, 11) is 0. The summed E-state index contributed by atoms with van der Waals surface area (Å²) in [5.41, 5.74) is 0.707. The van der Waals surface area contributed by atoms with Crippen molar-refractivity contribution in [3.05, 3.63) is 11.6 Å². The molecule has 0 aliphatic carbocycles. The normalized spacial score (nSPS) is 32.3. The van der Waals surface area contributed by atoms with E-state index in [0.29, 0.717) is 5.57 Å². The number of hydrogen-bond donors (Lipinski definition) is 2. The van der Waals surface area contributed by atoms with Gasteiger partial charge in [0.25, 0.3) is 0 Å². The third-order valence-corrected chi connectivity index (χ3v) is 1.46. The molecule has 0 saturated carbocycles. The summed E-state index contributed by atoms with van der Waals surface area (Å²) in [5, 5.41) is 18.0. The molecule has 1 rings (SSSR count). The van der Waals surface area contributed by atoms with Gasteiger partial charge in [-0.25, -0.2) is 4.79 Å². The van der Waals surface area contributed by atoms with E-state index in [1.807, 2.05) is 0 Å². The first-order valence-corrected chi connectivity index (χ1v) is 3.33. The monoisotopic (exact) mass is 158 g/mol. The van der Waals surface area contributed by atoms with E-state index in [4.69, 9.17) is 10.2 Å². The zero-order valence-electron chi connectivity index (χ0n) is 6.15. The molecule has 62 valence electrons. The first-order chi connectivity index (χ1) is 5.09. The zero-order valence-corrected chi connectivity index (χ0v) is 6.15. The summed E-state index contributed by atoms with van der Waals surface area (Å²) >= 11 is 0. The van der Waals surface area contributed by atoms with Crippen LogP contribution in [-0.2, 0) is 9.53 Å². The fourth-order valence-electron chi connectivity index (χ4n) is 0.922. The molecule has 0 aromatic carbocycles. The minimum absolute atomic E-state index is 0.271. The van der Waals surface area contributed by atoms with Crippen molar-refractivity contribution < 1.29 is 19.7 Å². The summed E-state index contributed by atoms with van der Waals surface area (Å²) in [6.45, 7) is 1.70. The molecular weight excluding hydrogens is 148 g/mol. The predicted octanol–water partition coefficient (Wildman–Crippen LogP) is -0.441. The molecule has 0 fully saturated rings. The Hall–Kier alpha value is -0.870. The number of carbonyl (C=O) groups is 1. The van der Waals surface area contributed by atoms with E-state index in [-0.39, 0.29) is 6.42 Å². The minimum Gasteiger partial charge on any atom is -0.430 e. The number of aliphatic hydroxyl groups excluding tert-OH is 2. The lowest BCUT2D eigenvalue weighted by molar-refractivity contribution is -0.178. The number of rotatable bonds is 0. The summed E-state index contributed by atoms with van der Waals surface area (Å²) < 4.78 is 4.38. The van der Waals surface area contributed by atoms with Crippen molar-refractivity contribution in [1.29, 1.82) is 0 Å². The van der Waals surface area contributed by atoms with E-state index in [1.54, 1.807) is 6.92 Å². The van der Waals surface area contributed by atoms with Crippen LogP contribution in [0.15, 0.2) is 11.6 Å². The second kappa shape index (κ2) is 3.02. The summed E-state index contributed by atoms with van der Waals surface area (Å²) in [6.07, 6.45) is -0.860. The molecule has 1 heterocycles. The molecule has 1 aliphatic rings. The molecule has 0 spiro atoms. The lowest BCUT2D eigenvalue weighted by Gasteiger charge is -2.13. The smallest absolute Gasteiger partial charge is 0.333 e. The van der Waals surface area contributed by atoms with Crippen LogP contribution in [0, 0.1) is 0 Å². The van der Waals surface area contributed by atoms with Crippen molar-refractivity contribution in [2.24, 2.45) is 0 Å². The van der Waals surface area contributed by atoms with Gasteiger partial charge in [0.1, 0.15) is 6.10 Å². The standard InChI is InChI=1S/C7H10O4/c1-4-2-5(8)7(10)11-6(9)3-4/h3,5,7-8,10H,2H2,1H3. The van der Waals surface area contributed by atoms with Gasteiger partial charge in [0.2, 0.25) is 6.29 Å². The van der Waals surface area contributed by atoms with Gasteiger partial charge in [-0.2, -0.15) is 0 Å². The van der Waals surface area contributed by atoms with Gasteiger partial charge in [0, 0.05) is 12.5 Å². The van der Waals surface area contributed by atoms with Crippen LogP contribution in [0.5, 0.6) is 0 Å². The Balaban J connectivity index is 2.72. The highest BCUT2D eigenvalue weighted by atomic mass is 16.6. The second-order valence-corrected chi connectivity index (χ2v) is 2.59. The van der Waals surface area contributed by atoms with E-state index < -0.39 is 18.4 Å². The van der Waals surface area contributed by atoms with E-state index >= 15 is 0 Å². The Morgan fingerprint density at radius 3 is 2.91 bits per heavy atom. The van der Waals surface area contributed by atoms with Gasteiger partial charge >= 0.3 is 5.97 Å². The first kappa shape index (κ1) is 8.23. The molecule has 2 N–H and O–H groups in total. The maximum Gasteiger partial charge on any atom is 0.333 e. The third kappa shape index (κ3) is 2.03. The van der Waals surface area contributed by atoms with Crippen molar-refractivity contribution in [3.63, 3.8) is 0 Å². The van der Waals surface area contributed by atoms with Crippen LogP contribution in [0.4, 0.5) is 0 Å². The molecule has 11 heavy (non-hydrogen) atoms. The first-order valence-electron chi connectivity index (χ1n) is 3.33. The van der Waals surface area contributed by atoms with Gasteiger partial charge < -0.3 is 14.9 Å². The van der Waals surface area contributed by atoms with Crippen LogP contribution < -0.4 is 0 Å². The number of hydrogen-bond acceptors (Lipinski definition) is 4. The van der Waals surface area contributed by atoms with E-state index in [2.05, 4.69) is 4.74 Å². The zero-order chi connectivity index (χ0) is 8.43. The Morgan fingerprint density at radius 1 is 1.64 bits per heavy atom. The highest BCUT2D eigenvalue weighted by molar-refractivity contribution is 5.83. The molecule has 1 aliphatic heterocycles. The van der Waals surface area contributed by atoms with Crippen LogP contribution in [0.3, 0.4) is 0 Å². The van der Waals surface area contributed by atoms with Gasteiger partial charge in [0.05, 0.1) is 0 Å². The average molecular weight is 158 g/mol. The SMILES string of the molecule is CC1=CC(=O)OC(O)C(O)C1. The highest BCUT2D eigenvalue weighted by Gasteiger charge is 2.23. The van der Waals surface area contributed by atoms with E-state index in [0.717, 1.165) is 0 Å². The Kier molecular flexibility index (Phi) is 2.26. The largest absolute Gasteiger partial charge is 0.430 e. The predicted molar refractivity (Wildman–Crippen MR) is 36.5 cm³/mol. The fraction of sp³-hybridized carbons (Fsp3) is 0.571. The molecule has 0 amide bonds. The van der Waals surface area contributed by atoms with Crippen molar-refractivity contribution in [1.82, 2.24) is 0 Å². The van der Waals surface area contributed by atoms with Crippen molar-refractivity contribution >= 4 is 5.97 Å². The molecule has 4 nitrogen and oxygen atoms in total. The summed E-state index contributed by atoms with van der Waals surface area (Å²) in [5.74, 6) is -0.605. The van der Waals surface area contributed by atoms with Crippen LogP contribution in [0.25, 0.3) is 0 Å². The van der Waals surface area contributed by atoms with Crippen LogP contribution in [0.2, 0.25) is 0 Å². The quantitative estimate of drug-likeness (QED) is 0.469. The van der Waals surface area contributed by atoms with Gasteiger partial charge in [0.15, 0.2) is 0 Å². The molecular formula is C7H10O4. The third-order valence-electron chi connectivity index (χ3n) is 1.46. The summed E-state index contributed by atoms with van der Waals surface area (Å²) in [6, 6.07) is 0. The van der Waals surface area contributed by atoms with Crippen molar-refractivity contribution in [3.8, 4) is 0 Å². The number of cyclic esters (lactones) is 1. The van der Waals surface area contributed by atoms with Crippen LogP contribution in [-0.4, -0.2) is 28.6 Å². The maximum atomic E-state index is 10.7. The molecule has 0 aromatic heterocycles. The molecule has 2 atom stereocenters. The van der Waals surface area contributed by atoms with Crippen LogP contribution in [0.1, 0.15) is 13.3 Å². The van der Waals surface area contributed by atoms with Crippen molar-refractivity contribution in [2.75, 3.05) is 0 Å². The molecule has 4 heteroatoms. The fourth-order valence-corrected chi connectivity index (χ4v) is 0.922. The molecule has 0 aromatic rings. The number of esters is 1. The number of ether oxygens (including phenoxy) is 1. The van der Waals surface area contributed by atoms with Gasteiger partial charge in [-0.3, -0.25) is 0 Å². The van der Waals surface area contributed by atoms with Crippen molar-refractivity contribution in [2.45, 2.75) is 25.7 Å². The average Bonchev–Trinajstić information content (AvgIpc) is 1.93. The molecule has 0 radical (unpaired) electrons. The lowest BCUT2D eigenvalue weighted by atomic mass is 10.1. The number of aliphatic hydroxyl groups is 2. The van der Waals surface area contributed by atoms with Gasteiger partial charge in [-0.15, -0.1) is 0 Å². The van der Waals surface area contributed by atoms with Crippen LogP contribution >= 0.6 is 0 Å². The Bertz CT molecular complexity index is 197. The van der Waals surface area contributed by atoms with Gasteiger partial charge in [-0.05, 0) is 6.92 Å². The molecule has 0 bridgehead atoms. The van der Waals surface area contributed by atoms with Gasteiger partial charge in [-0.1, -0.05) is 5.57 Å². The summed E-state index contributed by atoms with van der Waals surface area (Å²) in [4.78, 5) is 10.7. The second-order valence-electron chi connectivity index (χ2n) is 2.59. The molecule has 0 saturated heterocycles. The Morgan fingerprint density at radius 2 is 2.27 bits per heavy atom. The number of carbonyl (C=O) groups excluding carboxylic acids is 1. The minimum atomic E-state index is -1.39. The topological polar surface area (TPSA) is 66.8 Å². The highest BCUT2D eigenvalue weighted by Crippen LogP contribution is 2.13. The molecule has 2 unspecified atom stereocenters. The lowest BCUT2D eigenvalue weighted by Crippen LogP contribution is -2.28. The Labute approximate surface area is 64.1 Å². The maximum absolute atomic E-state index is 10.7. The van der Waals surface area contributed by atoms with E-state index in [9.17, 15) is 4.79 Å².